The molecule has 3 heterocycles. The monoisotopic (exact) mass is 376 g/mol. The highest BCUT2D eigenvalue weighted by molar-refractivity contribution is 7.98. The lowest BCUT2D eigenvalue weighted by Crippen LogP contribution is -2.58. The molecule has 0 aromatic carbocycles. The molecule has 0 saturated carbocycles. The lowest BCUT2D eigenvalue weighted by Gasteiger charge is -2.47. The topological polar surface area (TPSA) is 58.6 Å². The molecule has 2 aliphatic heterocycles. The van der Waals surface area contributed by atoms with Crippen LogP contribution in [0.4, 0.5) is 5.95 Å². The number of hydrogen-bond donors (Lipinski definition) is 0. The summed E-state index contributed by atoms with van der Waals surface area (Å²) in [7, 11) is 0. The Morgan fingerprint density at radius 3 is 2.85 bits per heavy atom. The fourth-order valence-electron chi connectivity index (χ4n) is 3.45. The third kappa shape index (κ3) is 4.38. The van der Waals surface area contributed by atoms with Crippen LogP contribution in [0.2, 0.25) is 0 Å². The van der Waals surface area contributed by atoms with Gasteiger partial charge in [0.05, 0.1) is 18.8 Å². The summed E-state index contributed by atoms with van der Waals surface area (Å²) in [6.45, 7) is 7.76. The van der Waals surface area contributed by atoms with Gasteiger partial charge in [-0.25, -0.2) is 9.97 Å². The molecule has 1 aromatic rings. The van der Waals surface area contributed by atoms with E-state index in [1.54, 1.807) is 17.8 Å². The molecule has 1 amide bonds. The molecule has 1 spiro atoms. The molecular weight excluding hydrogens is 348 g/mol. The van der Waals surface area contributed by atoms with Crippen LogP contribution in [0.1, 0.15) is 33.1 Å². The van der Waals surface area contributed by atoms with Gasteiger partial charge in [-0.1, -0.05) is 12.5 Å². The fraction of sp³-hybridized carbons (Fsp3) is 0.632. The first-order valence-corrected chi connectivity index (χ1v) is 10.5. The number of hydrogen-bond acceptors (Lipinski definition) is 6. The van der Waals surface area contributed by atoms with Crippen molar-refractivity contribution in [2.45, 2.75) is 43.7 Å². The molecule has 2 fully saturated rings. The van der Waals surface area contributed by atoms with Gasteiger partial charge in [0.1, 0.15) is 5.03 Å². The number of ether oxygens (including phenoxy) is 1. The van der Waals surface area contributed by atoms with E-state index < -0.39 is 0 Å². The van der Waals surface area contributed by atoms with Crippen LogP contribution in [0.15, 0.2) is 28.9 Å². The van der Waals surface area contributed by atoms with Crippen LogP contribution in [0.3, 0.4) is 0 Å². The van der Waals surface area contributed by atoms with Crippen LogP contribution in [-0.2, 0) is 9.53 Å². The Labute approximate surface area is 160 Å². The first kappa shape index (κ1) is 19.2. The first-order valence-electron chi connectivity index (χ1n) is 9.27. The summed E-state index contributed by atoms with van der Waals surface area (Å²) in [5.41, 5.74) is 0.895. The molecule has 0 radical (unpaired) electrons. The van der Waals surface area contributed by atoms with Crippen molar-refractivity contribution >= 4 is 23.6 Å². The highest BCUT2D eigenvalue weighted by Crippen LogP contribution is 2.31. The third-order valence-electron chi connectivity index (χ3n) is 5.27. The standard InChI is InChI=1S/C19H28N4O2S/c1-4-15(2)13-17(24)23-11-12-25-19(14-23)6-9-22(10-7-19)18-20-8-5-16(21-18)26-3/h5,8,13H,4,6-7,9-12,14H2,1-3H3. The summed E-state index contributed by atoms with van der Waals surface area (Å²) in [4.78, 5) is 25.7. The molecule has 26 heavy (non-hydrogen) atoms. The van der Waals surface area contributed by atoms with E-state index in [0.29, 0.717) is 19.7 Å². The number of carbonyl (C=O) groups excluding carboxylic acids is 1. The molecule has 0 unspecified atom stereocenters. The van der Waals surface area contributed by atoms with E-state index in [0.717, 1.165) is 48.9 Å². The molecule has 3 rings (SSSR count). The van der Waals surface area contributed by atoms with Crippen LogP contribution < -0.4 is 4.90 Å². The van der Waals surface area contributed by atoms with Gasteiger partial charge in [-0.3, -0.25) is 4.79 Å². The Hall–Kier alpha value is -1.60. The van der Waals surface area contributed by atoms with Crippen molar-refractivity contribution in [2.24, 2.45) is 0 Å². The quantitative estimate of drug-likeness (QED) is 0.457. The molecule has 0 N–H and O–H groups in total. The second kappa shape index (κ2) is 8.39. The number of allylic oxidation sites excluding steroid dienone is 1. The summed E-state index contributed by atoms with van der Waals surface area (Å²) in [5, 5.41) is 0.985. The molecule has 0 aliphatic carbocycles. The number of carbonyl (C=O) groups is 1. The second-order valence-electron chi connectivity index (χ2n) is 7.02. The molecule has 0 atom stereocenters. The van der Waals surface area contributed by atoms with Crippen molar-refractivity contribution < 1.29 is 9.53 Å². The van der Waals surface area contributed by atoms with Crippen molar-refractivity contribution in [3.63, 3.8) is 0 Å². The molecule has 0 bridgehead atoms. The zero-order valence-electron chi connectivity index (χ0n) is 15.9. The van der Waals surface area contributed by atoms with Crippen molar-refractivity contribution in [3.05, 3.63) is 23.9 Å². The third-order valence-corrected chi connectivity index (χ3v) is 5.92. The van der Waals surface area contributed by atoms with Gasteiger partial charge in [0.2, 0.25) is 11.9 Å². The van der Waals surface area contributed by atoms with E-state index in [4.69, 9.17) is 4.74 Å². The Bertz CT molecular complexity index is 671. The maximum absolute atomic E-state index is 12.5. The van der Waals surface area contributed by atoms with Crippen molar-refractivity contribution in [1.82, 2.24) is 14.9 Å². The van der Waals surface area contributed by atoms with E-state index >= 15 is 0 Å². The van der Waals surface area contributed by atoms with Gasteiger partial charge in [-0.05, 0) is 38.5 Å². The van der Waals surface area contributed by atoms with Crippen LogP contribution in [-0.4, -0.2) is 65.4 Å². The molecule has 142 valence electrons. The van der Waals surface area contributed by atoms with Crippen molar-refractivity contribution in [2.75, 3.05) is 43.9 Å². The number of morpholine rings is 1. The summed E-state index contributed by atoms with van der Waals surface area (Å²) >= 11 is 1.63. The summed E-state index contributed by atoms with van der Waals surface area (Å²) in [6, 6.07) is 1.93. The lowest BCUT2D eigenvalue weighted by atomic mass is 9.89. The van der Waals surface area contributed by atoms with Gasteiger partial charge in [-0.2, -0.15) is 0 Å². The molecule has 1 aromatic heterocycles. The van der Waals surface area contributed by atoms with Crippen molar-refractivity contribution in [1.29, 1.82) is 0 Å². The van der Waals surface area contributed by atoms with Crippen LogP contribution in [0.5, 0.6) is 0 Å². The maximum Gasteiger partial charge on any atom is 0.246 e. The zero-order chi connectivity index (χ0) is 18.6. The smallest absolute Gasteiger partial charge is 0.246 e. The van der Waals surface area contributed by atoms with Gasteiger partial charge in [0.25, 0.3) is 0 Å². The highest BCUT2D eigenvalue weighted by Gasteiger charge is 2.41. The number of anilines is 1. The molecule has 7 heteroatoms. The molecule has 2 aliphatic rings. The molecular formula is C19H28N4O2S. The van der Waals surface area contributed by atoms with E-state index in [-0.39, 0.29) is 11.5 Å². The van der Waals surface area contributed by atoms with E-state index in [1.807, 2.05) is 30.3 Å². The number of piperidine rings is 1. The van der Waals surface area contributed by atoms with E-state index in [9.17, 15) is 4.79 Å². The van der Waals surface area contributed by atoms with Gasteiger partial charge in [0.15, 0.2) is 0 Å². The predicted molar refractivity (Wildman–Crippen MR) is 105 cm³/mol. The average molecular weight is 377 g/mol. The Balaban J connectivity index is 1.63. The number of aromatic nitrogens is 2. The fourth-order valence-corrected chi connectivity index (χ4v) is 3.82. The molecule has 6 nitrogen and oxygen atoms in total. The summed E-state index contributed by atoms with van der Waals surface area (Å²) in [5.74, 6) is 0.905. The lowest BCUT2D eigenvalue weighted by molar-refractivity contribution is -0.149. The average Bonchev–Trinajstić information content (AvgIpc) is 2.68. The summed E-state index contributed by atoms with van der Waals surface area (Å²) < 4.78 is 6.16. The Morgan fingerprint density at radius 2 is 2.15 bits per heavy atom. The number of nitrogens with zero attached hydrogens (tertiary/aromatic N) is 4. The minimum atomic E-state index is -0.227. The van der Waals surface area contributed by atoms with E-state index in [1.165, 1.54) is 0 Å². The number of rotatable bonds is 4. The number of thioether (sulfide) groups is 1. The Kier molecular flexibility index (Phi) is 6.19. The van der Waals surface area contributed by atoms with Gasteiger partial charge in [-0.15, -0.1) is 11.8 Å². The van der Waals surface area contributed by atoms with Crippen LogP contribution >= 0.6 is 11.8 Å². The highest BCUT2D eigenvalue weighted by atomic mass is 32.2. The van der Waals surface area contributed by atoms with Gasteiger partial charge < -0.3 is 14.5 Å². The van der Waals surface area contributed by atoms with Gasteiger partial charge >= 0.3 is 0 Å². The number of amides is 1. The van der Waals surface area contributed by atoms with Crippen LogP contribution in [0, 0.1) is 0 Å². The Morgan fingerprint density at radius 1 is 1.38 bits per heavy atom. The largest absolute Gasteiger partial charge is 0.371 e. The molecule has 2 saturated heterocycles. The van der Waals surface area contributed by atoms with E-state index in [2.05, 4.69) is 21.8 Å². The summed E-state index contributed by atoms with van der Waals surface area (Å²) in [6.07, 6.45) is 8.30. The van der Waals surface area contributed by atoms with Gasteiger partial charge in [0, 0.05) is 31.9 Å². The zero-order valence-corrected chi connectivity index (χ0v) is 16.7. The normalized spacial score (nSPS) is 20.5. The minimum absolute atomic E-state index is 0.116. The minimum Gasteiger partial charge on any atom is -0.371 e. The second-order valence-corrected chi connectivity index (χ2v) is 7.85. The van der Waals surface area contributed by atoms with Crippen molar-refractivity contribution in [3.8, 4) is 0 Å². The SMILES string of the molecule is CCC(C)=CC(=O)N1CCOC2(CCN(c3nccc(SC)n3)CC2)C1. The maximum atomic E-state index is 12.5. The predicted octanol–water partition coefficient (Wildman–Crippen LogP) is 2.75. The first-order chi connectivity index (χ1) is 12.5. The van der Waals surface area contributed by atoms with Crippen LogP contribution in [0.25, 0.3) is 0 Å².